The van der Waals surface area contributed by atoms with Crippen LogP contribution in [0.15, 0.2) is 36.5 Å². The smallest absolute Gasteiger partial charge is 0.220 e. The molecule has 12 atom stereocenters. The van der Waals surface area contributed by atoms with E-state index in [1.807, 2.05) is 19.1 Å². The van der Waals surface area contributed by atoms with E-state index in [0.717, 1.165) is 38.5 Å². The number of rotatable bonds is 30. The maximum atomic E-state index is 13.0. The van der Waals surface area contributed by atoms with E-state index < -0.39 is 86.8 Å². The molecule has 2 aliphatic heterocycles. The standard InChI is InChI=1S/C42H75NO13/c1-3-5-7-9-11-13-14-15-16-18-20-22-24-26-34(47)43-30(31(46)25-23-21-19-17-12-10-8-6-4-2)29-53-41-39(52)37(50)40(33(28-45)55-41)56-42-38(51)36(49)35(48)32(27-44)54-42/h4,6,12,17,23,25,30-33,35-42,44-46,48-52H,3,5,7-11,13-16,18-22,24,26-29H2,1-2H3,(H,43,47)/b6-4+,17-12+,25-23+. The van der Waals surface area contributed by atoms with Gasteiger partial charge in [0.05, 0.1) is 32.0 Å². The average Bonchev–Trinajstić information content (AvgIpc) is 3.19. The topological polar surface area (TPSA) is 228 Å². The highest BCUT2D eigenvalue weighted by atomic mass is 16.7. The molecule has 0 saturated carbocycles. The molecule has 2 aliphatic rings. The largest absolute Gasteiger partial charge is 0.394 e. The van der Waals surface area contributed by atoms with Gasteiger partial charge < -0.3 is 65.1 Å². The number of hydrogen-bond acceptors (Lipinski definition) is 13. The molecule has 326 valence electrons. The Labute approximate surface area is 334 Å². The first-order valence-electron chi connectivity index (χ1n) is 21.2. The number of carbonyl (C=O) groups is 1. The molecule has 0 spiro atoms. The number of aliphatic hydroxyl groups excluding tert-OH is 8. The molecule has 1 amide bonds. The van der Waals surface area contributed by atoms with Gasteiger partial charge in [-0.1, -0.05) is 120 Å². The summed E-state index contributed by atoms with van der Waals surface area (Å²) in [5.74, 6) is -0.260. The van der Waals surface area contributed by atoms with Crippen LogP contribution < -0.4 is 5.32 Å². The monoisotopic (exact) mass is 802 g/mol. The third-order valence-electron chi connectivity index (χ3n) is 10.4. The molecule has 12 unspecified atom stereocenters. The number of amides is 1. The first-order chi connectivity index (χ1) is 27.1. The minimum atomic E-state index is -1.79. The molecule has 0 aromatic carbocycles. The quantitative estimate of drug-likeness (QED) is 0.0376. The van der Waals surface area contributed by atoms with Crippen LogP contribution in [0.2, 0.25) is 0 Å². The van der Waals surface area contributed by atoms with Gasteiger partial charge in [-0.25, -0.2) is 0 Å². The summed E-state index contributed by atoms with van der Waals surface area (Å²) in [5.41, 5.74) is 0. The summed E-state index contributed by atoms with van der Waals surface area (Å²) in [5, 5.41) is 86.1. The van der Waals surface area contributed by atoms with Crippen molar-refractivity contribution in [1.82, 2.24) is 5.32 Å². The van der Waals surface area contributed by atoms with Crippen LogP contribution in [0.5, 0.6) is 0 Å². The number of hydrogen-bond donors (Lipinski definition) is 9. The highest BCUT2D eigenvalue weighted by Gasteiger charge is 2.50. The molecule has 2 heterocycles. The molecule has 2 fully saturated rings. The molecule has 14 heteroatoms. The predicted molar refractivity (Wildman–Crippen MR) is 212 cm³/mol. The lowest BCUT2D eigenvalue weighted by molar-refractivity contribution is -0.359. The Morgan fingerprint density at radius 2 is 1.18 bits per heavy atom. The van der Waals surface area contributed by atoms with Crippen LogP contribution in [0.1, 0.15) is 129 Å². The summed E-state index contributed by atoms with van der Waals surface area (Å²) in [6.45, 7) is 2.48. The van der Waals surface area contributed by atoms with E-state index in [0.29, 0.717) is 12.8 Å². The highest BCUT2D eigenvalue weighted by Crippen LogP contribution is 2.30. The van der Waals surface area contributed by atoms with E-state index in [2.05, 4.69) is 30.5 Å². The van der Waals surface area contributed by atoms with Crippen molar-refractivity contribution in [2.75, 3.05) is 19.8 Å². The van der Waals surface area contributed by atoms with E-state index in [4.69, 9.17) is 18.9 Å². The maximum absolute atomic E-state index is 13.0. The molecule has 2 rings (SSSR count). The molecule has 0 radical (unpaired) electrons. The van der Waals surface area contributed by atoms with E-state index in [-0.39, 0.29) is 18.9 Å². The lowest BCUT2D eigenvalue weighted by atomic mass is 9.97. The maximum Gasteiger partial charge on any atom is 0.220 e. The van der Waals surface area contributed by atoms with Crippen molar-refractivity contribution < 1.29 is 64.6 Å². The number of nitrogens with one attached hydrogen (secondary N) is 1. The first kappa shape index (κ1) is 50.4. The molecule has 14 nitrogen and oxygen atoms in total. The van der Waals surface area contributed by atoms with Gasteiger partial charge in [0.2, 0.25) is 5.91 Å². The summed E-state index contributed by atoms with van der Waals surface area (Å²) >= 11 is 0. The van der Waals surface area contributed by atoms with Crippen molar-refractivity contribution in [3.63, 3.8) is 0 Å². The van der Waals surface area contributed by atoms with Gasteiger partial charge in [0, 0.05) is 6.42 Å². The van der Waals surface area contributed by atoms with Gasteiger partial charge in [-0.3, -0.25) is 4.79 Å². The summed E-state index contributed by atoms with van der Waals surface area (Å²) < 4.78 is 22.5. The highest BCUT2D eigenvalue weighted by molar-refractivity contribution is 5.76. The number of ether oxygens (including phenoxy) is 4. The minimum Gasteiger partial charge on any atom is -0.394 e. The molecule has 0 aromatic rings. The summed E-state index contributed by atoms with van der Waals surface area (Å²) in [6.07, 6.45) is 13.7. The molecule has 0 aliphatic carbocycles. The van der Waals surface area contributed by atoms with E-state index in [1.54, 1.807) is 6.08 Å². The van der Waals surface area contributed by atoms with E-state index in [1.165, 1.54) is 57.8 Å². The van der Waals surface area contributed by atoms with Crippen LogP contribution in [-0.4, -0.2) is 140 Å². The molecule has 2 saturated heterocycles. The Bertz CT molecular complexity index is 1090. The lowest BCUT2D eigenvalue weighted by Crippen LogP contribution is -2.65. The number of carbonyl (C=O) groups excluding carboxylic acids is 1. The van der Waals surface area contributed by atoms with Gasteiger partial charge >= 0.3 is 0 Å². The van der Waals surface area contributed by atoms with E-state index >= 15 is 0 Å². The van der Waals surface area contributed by atoms with Crippen molar-refractivity contribution in [1.29, 1.82) is 0 Å². The van der Waals surface area contributed by atoms with Gasteiger partial charge in [-0.05, 0) is 39.0 Å². The Morgan fingerprint density at radius 1 is 0.661 bits per heavy atom. The van der Waals surface area contributed by atoms with Gasteiger partial charge in [-0.2, -0.15) is 0 Å². The SMILES string of the molecule is C/C=C/CC/C=C/CC/C=C/C(O)C(COC1OC(CO)C(OC2OC(CO)C(O)C(O)C2O)C(O)C1O)NC(=O)CCCCCCCCCCCCCCC. The van der Waals surface area contributed by atoms with Crippen LogP contribution >= 0.6 is 0 Å². The summed E-state index contributed by atoms with van der Waals surface area (Å²) in [6, 6.07) is -0.930. The van der Waals surface area contributed by atoms with Crippen molar-refractivity contribution in [2.24, 2.45) is 0 Å². The van der Waals surface area contributed by atoms with E-state index in [9.17, 15) is 45.6 Å². The molecule has 56 heavy (non-hydrogen) atoms. The zero-order valence-electron chi connectivity index (χ0n) is 33.9. The summed E-state index contributed by atoms with van der Waals surface area (Å²) in [7, 11) is 0. The lowest BCUT2D eigenvalue weighted by Gasteiger charge is -2.46. The second-order valence-corrected chi connectivity index (χ2v) is 15.1. The Hall–Kier alpha value is -1.79. The Balaban J connectivity index is 1.93. The number of aliphatic hydroxyl groups is 8. The fourth-order valence-corrected chi connectivity index (χ4v) is 6.86. The fraction of sp³-hybridized carbons (Fsp3) is 0.833. The van der Waals surface area contributed by atoms with Crippen molar-refractivity contribution in [3.05, 3.63) is 36.5 Å². The van der Waals surface area contributed by atoms with Crippen molar-refractivity contribution in [3.8, 4) is 0 Å². The number of unbranched alkanes of at least 4 members (excludes halogenated alkanes) is 14. The summed E-state index contributed by atoms with van der Waals surface area (Å²) in [4.78, 5) is 13.0. The Morgan fingerprint density at radius 3 is 1.75 bits per heavy atom. The zero-order chi connectivity index (χ0) is 41.1. The average molecular weight is 802 g/mol. The van der Waals surface area contributed by atoms with Gasteiger partial charge in [0.15, 0.2) is 12.6 Å². The van der Waals surface area contributed by atoms with Crippen LogP contribution in [0.4, 0.5) is 0 Å². The molecular formula is C42H75NO13. The normalized spacial score (nSPS) is 29.8. The van der Waals surface area contributed by atoms with Crippen molar-refractivity contribution in [2.45, 2.75) is 203 Å². The molecule has 0 aromatic heterocycles. The third kappa shape index (κ3) is 18.9. The minimum absolute atomic E-state index is 0.260. The number of allylic oxidation sites excluding steroid dienone is 5. The van der Waals surface area contributed by atoms with Crippen LogP contribution in [-0.2, 0) is 23.7 Å². The van der Waals surface area contributed by atoms with Crippen LogP contribution in [0.3, 0.4) is 0 Å². The fourth-order valence-electron chi connectivity index (χ4n) is 6.86. The molecule has 0 bridgehead atoms. The van der Waals surface area contributed by atoms with Gasteiger partial charge in [0.25, 0.3) is 0 Å². The third-order valence-corrected chi connectivity index (χ3v) is 10.4. The van der Waals surface area contributed by atoms with Gasteiger partial charge in [-0.15, -0.1) is 0 Å². The van der Waals surface area contributed by atoms with Crippen molar-refractivity contribution >= 4 is 5.91 Å². The zero-order valence-corrected chi connectivity index (χ0v) is 33.9. The Kier molecular flexibility index (Phi) is 27.2. The van der Waals surface area contributed by atoms with Crippen LogP contribution in [0.25, 0.3) is 0 Å². The van der Waals surface area contributed by atoms with Crippen LogP contribution in [0, 0.1) is 0 Å². The first-order valence-corrected chi connectivity index (χ1v) is 21.2. The molecular weight excluding hydrogens is 726 g/mol. The molecule has 9 N–H and O–H groups in total. The second-order valence-electron chi connectivity index (χ2n) is 15.1. The predicted octanol–water partition coefficient (Wildman–Crippen LogP) is 3.20. The van der Waals surface area contributed by atoms with Gasteiger partial charge in [0.1, 0.15) is 48.8 Å². The second kappa shape index (κ2) is 30.3.